The van der Waals surface area contributed by atoms with Crippen LogP contribution in [0.2, 0.25) is 18.1 Å². The highest BCUT2D eigenvalue weighted by Gasteiger charge is 2.39. The average molecular weight is 310 g/mol. The van der Waals surface area contributed by atoms with Gasteiger partial charge in [-0.2, -0.15) is 5.10 Å². The Morgan fingerprint density at radius 3 is 2.43 bits per heavy atom. The van der Waals surface area contributed by atoms with Crippen LogP contribution in [0.25, 0.3) is 0 Å². The van der Waals surface area contributed by atoms with E-state index in [0.717, 1.165) is 0 Å². The molecule has 0 bridgehead atoms. The van der Waals surface area contributed by atoms with Gasteiger partial charge in [-0.05, 0) is 36.3 Å². The number of halogens is 1. The Hall–Kier alpha value is -1.89. The van der Waals surface area contributed by atoms with Crippen molar-refractivity contribution in [3.63, 3.8) is 0 Å². The molecule has 0 unspecified atom stereocenters. The van der Waals surface area contributed by atoms with E-state index in [9.17, 15) is 4.39 Å². The molecule has 0 radical (unpaired) electrons. The van der Waals surface area contributed by atoms with Crippen LogP contribution in [0.15, 0.2) is 28.4 Å². The van der Waals surface area contributed by atoms with E-state index in [1.165, 1.54) is 12.3 Å². The maximum Gasteiger partial charge on any atom is 0.250 e. The smallest absolute Gasteiger partial charge is 0.250 e. The molecule has 21 heavy (non-hydrogen) atoms. The lowest BCUT2D eigenvalue weighted by Gasteiger charge is -2.36. The summed E-state index contributed by atoms with van der Waals surface area (Å²) in [6, 6.07) is 4.56. The van der Waals surface area contributed by atoms with Gasteiger partial charge in [0.1, 0.15) is 11.6 Å². The van der Waals surface area contributed by atoms with Crippen molar-refractivity contribution >= 4 is 20.5 Å². The van der Waals surface area contributed by atoms with Gasteiger partial charge in [0.25, 0.3) is 0 Å². The third-order valence-electron chi connectivity index (χ3n) is 3.52. The van der Waals surface area contributed by atoms with Crippen LogP contribution in [0, 0.1) is 5.82 Å². The van der Waals surface area contributed by atoms with Gasteiger partial charge in [0.2, 0.25) is 14.3 Å². The van der Waals surface area contributed by atoms with Crippen LogP contribution >= 0.6 is 0 Å². The summed E-state index contributed by atoms with van der Waals surface area (Å²) in [6.45, 7) is 10.7. The van der Waals surface area contributed by atoms with Gasteiger partial charge in [-0.15, -0.1) is 5.10 Å². The highest BCUT2D eigenvalue weighted by molar-refractivity contribution is 6.74. The molecule has 0 aromatic heterocycles. The lowest BCUT2D eigenvalue weighted by Crippen LogP contribution is -2.43. The predicted octanol–water partition coefficient (Wildman–Crippen LogP) is 2.82. The van der Waals surface area contributed by atoms with E-state index in [0.29, 0.717) is 5.75 Å². The quantitative estimate of drug-likeness (QED) is 0.388. The zero-order valence-corrected chi connectivity index (χ0v) is 14.1. The summed E-state index contributed by atoms with van der Waals surface area (Å²) < 4.78 is 19.8. The molecule has 0 amide bonds. The topological polar surface area (TPSA) is 86.0 Å². The summed E-state index contributed by atoms with van der Waals surface area (Å²) in [5.41, 5.74) is 10.6. The molecule has 0 atom stereocenters. The molecule has 0 heterocycles. The van der Waals surface area contributed by atoms with Crippen molar-refractivity contribution in [2.24, 2.45) is 21.7 Å². The van der Waals surface area contributed by atoms with Crippen LogP contribution in [-0.2, 0) is 0 Å². The van der Waals surface area contributed by atoms with Gasteiger partial charge in [-0.25, -0.2) is 4.39 Å². The average Bonchev–Trinajstić information content (AvgIpc) is 2.31. The van der Waals surface area contributed by atoms with E-state index in [1.807, 2.05) is 0 Å². The third-order valence-corrected chi connectivity index (χ3v) is 7.88. The fourth-order valence-electron chi connectivity index (χ4n) is 1.29. The van der Waals surface area contributed by atoms with E-state index in [2.05, 4.69) is 44.1 Å². The molecule has 0 fully saturated rings. The summed E-state index contributed by atoms with van der Waals surface area (Å²) in [5.74, 6) is 0.0293. The van der Waals surface area contributed by atoms with Crippen LogP contribution in [-0.4, -0.2) is 20.5 Å². The highest BCUT2D eigenvalue weighted by atomic mass is 28.4. The van der Waals surface area contributed by atoms with Crippen molar-refractivity contribution in [2.45, 2.75) is 38.9 Å². The van der Waals surface area contributed by atoms with Crippen molar-refractivity contribution in [1.29, 1.82) is 0 Å². The van der Waals surface area contributed by atoms with Crippen LogP contribution in [0.5, 0.6) is 5.75 Å². The zero-order chi connectivity index (χ0) is 16.3. The molecule has 0 saturated heterocycles. The fraction of sp³-hybridized carbons (Fsp3) is 0.429. The maximum absolute atomic E-state index is 13.7. The summed E-state index contributed by atoms with van der Waals surface area (Å²) in [4.78, 5) is 0. The molecule has 7 heteroatoms. The lowest BCUT2D eigenvalue weighted by molar-refractivity contribution is 0.490. The second-order valence-corrected chi connectivity index (χ2v) is 11.0. The van der Waals surface area contributed by atoms with Crippen LogP contribution in [0.1, 0.15) is 26.3 Å². The Labute approximate surface area is 126 Å². The predicted molar refractivity (Wildman–Crippen MR) is 87.6 cm³/mol. The van der Waals surface area contributed by atoms with Gasteiger partial charge >= 0.3 is 0 Å². The minimum Gasteiger partial charge on any atom is -0.543 e. The van der Waals surface area contributed by atoms with Crippen LogP contribution in [0.3, 0.4) is 0 Å². The highest BCUT2D eigenvalue weighted by Crippen LogP contribution is 2.37. The molecule has 0 aliphatic carbocycles. The Morgan fingerprint density at radius 1 is 1.29 bits per heavy atom. The molecule has 4 N–H and O–H groups in total. The molecule has 1 aromatic rings. The Morgan fingerprint density at radius 2 is 1.90 bits per heavy atom. The number of hydrogen-bond acceptors (Lipinski definition) is 3. The van der Waals surface area contributed by atoms with Crippen molar-refractivity contribution < 1.29 is 8.82 Å². The van der Waals surface area contributed by atoms with E-state index in [4.69, 9.17) is 15.9 Å². The summed E-state index contributed by atoms with van der Waals surface area (Å²) in [5, 5.41) is 7.13. The minimum absolute atomic E-state index is 0.0634. The number of hydrogen-bond donors (Lipinski definition) is 2. The van der Waals surface area contributed by atoms with Gasteiger partial charge < -0.3 is 15.9 Å². The number of nitrogens with two attached hydrogens (primary N) is 2. The summed E-state index contributed by atoms with van der Waals surface area (Å²) in [7, 11) is -1.97. The van der Waals surface area contributed by atoms with Crippen molar-refractivity contribution in [2.75, 3.05) is 0 Å². The van der Waals surface area contributed by atoms with Gasteiger partial charge in [-0.3, -0.25) is 0 Å². The van der Waals surface area contributed by atoms with Gasteiger partial charge in [0.15, 0.2) is 0 Å². The third kappa shape index (κ3) is 4.85. The number of guanidine groups is 1. The first-order chi connectivity index (χ1) is 9.53. The van der Waals surface area contributed by atoms with Crippen molar-refractivity contribution in [3.8, 4) is 5.75 Å². The van der Waals surface area contributed by atoms with Crippen molar-refractivity contribution in [3.05, 3.63) is 29.6 Å². The Kier molecular flexibility index (Phi) is 5.11. The molecule has 0 spiro atoms. The fourth-order valence-corrected chi connectivity index (χ4v) is 2.31. The first-order valence-electron chi connectivity index (χ1n) is 6.63. The normalized spacial score (nSPS) is 12.5. The minimum atomic E-state index is -1.97. The Bertz CT molecular complexity index is 561. The van der Waals surface area contributed by atoms with E-state index < -0.39 is 14.1 Å². The lowest BCUT2D eigenvalue weighted by atomic mass is 10.2. The molecule has 0 saturated carbocycles. The SMILES string of the molecule is CC(C)(C)[Si](C)(C)Oc1ccc(F)c(C=NN=C(N)N)c1. The summed E-state index contributed by atoms with van der Waals surface area (Å²) >= 11 is 0. The molecular formula is C14H23FN4OSi. The van der Waals surface area contributed by atoms with Gasteiger partial charge in [0, 0.05) is 5.56 Å². The molecule has 0 aliphatic rings. The Balaban J connectivity index is 3.02. The maximum atomic E-state index is 13.7. The number of rotatable bonds is 4. The van der Waals surface area contributed by atoms with Crippen molar-refractivity contribution in [1.82, 2.24) is 0 Å². The van der Waals surface area contributed by atoms with Crippen LogP contribution in [0.4, 0.5) is 4.39 Å². The molecule has 1 rings (SSSR count). The second kappa shape index (κ2) is 6.25. The number of benzene rings is 1. The number of nitrogens with zero attached hydrogens (tertiary/aromatic N) is 2. The van der Waals surface area contributed by atoms with Crippen LogP contribution < -0.4 is 15.9 Å². The zero-order valence-electron chi connectivity index (χ0n) is 13.1. The first-order valence-corrected chi connectivity index (χ1v) is 9.54. The molecule has 0 aliphatic heterocycles. The molecule has 5 nitrogen and oxygen atoms in total. The van der Waals surface area contributed by atoms with E-state index in [1.54, 1.807) is 12.1 Å². The van der Waals surface area contributed by atoms with E-state index in [-0.39, 0.29) is 16.6 Å². The second-order valence-electron chi connectivity index (χ2n) is 6.32. The standard InChI is InChI=1S/C14H23FN4OSi/c1-14(2,3)21(4,5)20-11-6-7-12(15)10(8-11)9-18-19-13(16)17/h6-9H,1-5H3,(H4,16,17,19). The first kappa shape index (κ1) is 17.2. The molecular weight excluding hydrogens is 287 g/mol. The molecule has 1 aromatic carbocycles. The van der Waals surface area contributed by atoms with E-state index >= 15 is 0 Å². The summed E-state index contributed by atoms with van der Waals surface area (Å²) in [6.07, 6.45) is 1.26. The monoisotopic (exact) mass is 310 g/mol. The van der Waals surface area contributed by atoms with Gasteiger partial charge in [-0.1, -0.05) is 20.8 Å². The largest absolute Gasteiger partial charge is 0.543 e. The molecule has 116 valence electrons. The van der Waals surface area contributed by atoms with Gasteiger partial charge in [0.05, 0.1) is 6.21 Å².